The minimum absolute atomic E-state index is 0.150. The Morgan fingerprint density at radius 3 is 2.25 bits per heavy atom. The lowest BCUT2D eigenvalue weighted by atomic mass is 10.3. The van der Waals surface area contributed by atoms with Crippen molar-refractivity contribution in [3.8, 4) is 0 Å². The van der Waals surface area contributed by atoms with Crippen LogP contribution in [-0.2, 0) is 14.6 Å². The van der Waals surface area contributed by atoms with E-state index in [1.54, 1.807) is 6.92 Å². The van der Waals surface area contributed by atoms with Crippen molar-refractivity contribution >= 4 is 33.2 Å². The van der Waals surface area contributed by atoms with Gasteiger partial charge in [0.2, 0.25) is 15.7 Å². The van der Waals surface area contributed by atoms with Gasteiger partial charge in [-0.3, -0.25) is 4.79 Å². The second-order valence-electron chi connectivity index (χ2n) is 4.86. The molecule has 0 saturated carbocycles. The Morgan fingerprint density at radius 2 is 1.62 bits per heavy atom. The normalized spacial score (nSPS) is 12.8. The lowest BCUT2D eigenvalue weighted by molar-refractivity contribution is -0.115. The topological polar surface area (TPSA) is 63.2 Å². The van der Waals surface area contributed by atoms with Crippen LogP contribution in [-0.4, -0.2) is 25.3 Å². The molecule has 0 aromatic heterocycles. The third kappa shape index (κ3) is 4.33. The summed E-state index contributed by atoms with van der Waals surface area (Å²) in [5.74, 6) is -4.02. The number of nitrogens with one attached hydrogen (secondary N) is 1. The molecule has 1 amide bonds. The molecule has 2 aromatic carbocycles. The summed E-state index contributed by atoms with van der Waals surface area (Å²) in [5, 5.41) is 1.89. The van der Waals surface area contributed by atoms with Crippen LogP contribution < -0.4 is 5.32 Å². The molecule has 0 bridgehead atoms. The predicted octanol–water partition coefficient (Wildman–Crippen LogP) is 3.80. The third-order valence-electron chi connectivity index (χ3n) is 3.11. The lowest BCUT2D eigenvalue weighted by Crippen LogP contribution is -2.24. The van der Waals surface area contributed by atoms with Gasteiger partial charge in [0.15, 0.2) is 0 Å². The lowest BCUT2D eigenvalue weighted by Gasteiger charge is -2.14. The van der Waals surface area contributed by atoms with Crippen molar-refractivity contribution in [1.29, 1.82) is 0 Å². The highest BCUT2D eigenvalue weighted by molar-refractivity contribution is 8.00. The highest BCUT2D eigenvalue weighted by Crippen LogP contribution is 2.28. The largest absolute Gasteiger partial charge is 0.341 e. The van der Waals surface area contributed by atoms with Gasteiger partial charge in [0, 0.05) is 4.90 Å². The van der Waals surface area contributed by atoms with E-state index >= 15 is 0 Å². The Balaban J connectivity index is 2.18. The number of alkyl halides is 2. The average molecular weight is 371 g/mol. The second kappa shape index (κ2) is 7.76. The first-order chi connectivity index (χ1) is 11.3. The molecule has 24 heavy (non-hydrogen) atoms. The Morgan fingerprint density at radius 1 is 1.04 bits per heavy atom. The molecular formula is C16H15F2NO3S2. The Bertz CT molecular complexity index is 811. The van der Waals surface area contributed by atoms with Gasteiger partial charge in [-0.05, 0) is 31.2 Å². The van der Waals surface area contributed by atoms with Gasteiger partial charge in [0.25, 0.3) is 0 Å². The highest BCUT2D eigenvalue weighted by Gasteiger charge is 2.29. The molecular weight excluding hydrogens is 356 g/mol. The van der Waals surface area contributed by atoms with Gasteiger partial charge in [0.1, 0.15) is 0 Å². The smallest absolute Gasteiger partial charge is 0.324 e. The number of hydrogen-bond acceptors (Lipinski definition) is 4. The second-order valence-corrected chi connectivity index (χ2v) is 8.16. The quantitative estimate of drug-likeness (QED) is 0.785. The highest BCUT2D eigenvalue weighted by atomic mass is 32.2. The molecule has 0 radical (unpaired) electrons. The van der Waals surface area contributed by atoms with E-state index in [4.69, 9.17) is 0 Å². The molecule has 8 heteroatoms. The summed E-state index contributed by atoms with van der Waals surface area (Å²) >= 11 is 1.28. The summed E-state index contributed by atoms with van der Waals surface area (Å²) in [7, 11) is -4.79. The van der Waals surface area contributed by atoms with Gasteiger partial charge >= 0.3 is 5.76 Å². The average Bonchev–Trinajstić information content (AvgIpc) is 2.56. The van der Waals surface area contributed by atoms with Crippen LogP contribution in [0.25, 0.3) is 0 Å². The van der Waals surface area contributed by atoms with Gasteiger partial charge in [-0.15, -0.1) is 11.8 Å². The SMILES string of the molecule is CC(Sc1ccccc1)C(=O)Nc1ccccc1S(=O)(=O)C(F)F. The van der Waals surface area contributed by atoms with E-state index in [1.165, 1.54) is 30.0 Å². The molecule has 128 valence electrons. The number of halogens is 2. The van der Waals surface area contributed by atoms with Crippen molar-refractivity contribution < 1.29 is 22.0 Å². The molecule has 4 nitrogen and oxygen atoms in total. The number of amides is 1. The molecule has 0 aliphatic carbocycles. The number of para-hydroxylation sites is 1. The van der Waals surface area contributed by atoms with Crippen molar-refractivity contribution in [2.75, 3.05) is 5.32 Å². The van der Waals surface area contributed by atoms with Crippen molar-refractivity contribution in [3.05, 3.63) is 54.6 Å². The fourth-order valence-electron chi connectivity index (χ4n) is 1.91. The van der Waals surface area contributed by atoms with Crippen LogP contribution >= 0.6 is 11.8 Å². The van der Waals surface area contributed by atoms with E-state index in [0.717, 1.165) is 11.0 Å². The maximum absolute atomic E-state index is 12.8. The molecule has 0 fully saturated rings. The molecule has 0 heterocycles. The number of anilines is 1. The van der Waals surface area contributed by atoms with Gasteiger partial charge in [-0.2, -0.15) is 8.78 Å². The van der Waals surface area contributed by atoms with E-state index in [9.17, 15) is 22.0 Å². The number of carbonyl (C=O) groups excluding carboxylic acids is 1. The third-order valence-corrected chi connectivity index (χ3v) is 5.66. The maximum atomic E-state index is 12.8. The van der Waals surface area contributed by atoms with Gasteiger partial charge < -0.3 is 5.32 Å². The van der Waals surface area contributed by atoms with Crippen LogP contribution in [0.15, 0.2) is 64.4 Å². The van der Waals surface area contributed by atoms with Crippen molar-refractivity contribution in [3.63, 3.8) is 0 Å². The van der Waals surface area contributed by atoms with Crippen LogP contribution in [0.5, 0.6) is 0 Å². The monoisotopic (exact) mass is 371 g/mol. The van der Waals surface area contributed by atoms with E-state index in [0.29, 0.717) is 0 Å². The van der Waals surface area contributed by atoms with Crippen LogP contribution in [0.4, 0.5) is 14.5 Å². The molecule has 1 atom stereocenters. The number of sulfone groups is 1. The molecule has 1 unspecified atom stereocenters. The number of benzene rings is 2. The molecule has 2 rings (SSSR count). The zero-order chi connectivity index (χ0) is 17.7. The number of hydrogen-bond donors (Lipinski definition) is 1. The van der Waals surface area contributed by atoms with E-state index in [2.05, 4.69) is 5.32 Å². The van der Waals surface area contributed by atoms with E-state index < -0.39 is 31.6 Å². The Kier molecular flexibility index (Phi) is 5.95. The zero-order valence-corrected chi connectivity index (χ0v) is 14.3. The van der Waals surface area contributed by atoms with Crippen LogP contribution in [0.2, 0.25) is 0 Å². The molecule has 0 saturated heterocycles. The first-order valence-electron chi connectivity index (χ1n) is 6.96. The van der Waals surface area contributed by atoms with Gasteiger partial charge in [0.05, 0.1) is 15.8 Å². The molecule has 1 N–H and O–H groups in total. The fraction of sp³-hybridized carbons (Fsp3) is 0.188. The number of rotatable bonds is 6. The summed E-state index contributed by atoms with van der Waals surface area (Å²) < 4.78 is 48.9. The Labute approximate surface area is 143 Å². The molecule has 0 aliphatic heterocycles. The van der Waals surface area contributed by atoms with Gasteiger partial charge in [-0.25, -0.2) is 8.42 Å². The minimum atomic E-state index is -4.79. The van der Waals surface area contributed by atoms with Crippen LogP contribution in [0.1, 0.15) is 6.92 Å². The van der Waals surface area contributed by atoms with E-state index in [-0.39, 0.29) is 5.69 Å². The standard InChI is InChI=1S/C16H15F2NO3S2/c1-11(23-12-7-3-2-4-8-12)15(20)19-13-9-5-6-10-14(13)24(21,22)16(17)18/h2-11,16H,1H3,(H,19,20). The molecule has 0 spiro atoms. The summed E-state index contributed by atoms with van der Waals surface area (Å²) in [4.78, 5) is 12.5. The molecule has 0 aliphatic rings. The van der Waals surface area contributed by atoms with Gasteiger partial charge in [-0.1, -0.05) is 30.3 Å². The minimum Gasteiger partial charge on any atom is -0.324 e. The predicted molar refractivity (Wildman–Crippen MR) is 90.0 cm³/mol. The summed E-state index contributed by atoms with van der Waals surface area (Å²) in [6, 6.07) is 14.3. The maximum Gasteiger partial charge on any atom is 0.341 e. The number of thioether (sulfide) groups is 1. The fourth-order valence-corrected chi connectivity index (χ4v) is 3.68. The summed E-state index contributed by atoms with van der Waals surface area (Å²) in [5.41, 5.74) is -0.150. The number of carbonyl (C=O) groups is 1. The van der Waals surface area contributed by atoms with Crippen molar-refractivity contribution in [2.24, 2.45) is 0 Å². The van der Waals surface area contributed by atoms with E-state index in [1.807, 2.05) is 30.3 Å². The van der Waals surface area contributed by atoms with Crippen molar-refractivity contribution in [1.82, 2.24) is 0 Å². The summed E-state index contributed by atoms with van der Waals surface area (Å²) in [6.07, 6.45) is 0. The molecule has 2 aromatic rings. The van der Waals surface area contributed by atoms with Crippen molar-refractivity contribution in [2.45, 2.75) is 27.7 Å². The zero-order valence-electron chi connectivity index (χ0n) is 12.6. The first-order valence-corrected chi connectivity index (χ1v) is 9.38. The first kappa shape index (κ1) is 18.4. The van der Waals surface area contributed by atoms with Crippen LogP contribution in [0.3, 0.4) is 0 Å². The van der Waals surface area contributed by atoms with Crippen LogP contribution in [0, 0.1) is 0 Å². The Hall–Kier alpha value is -1.93. The summed E-state index contributed by atoms with van der Waals surface area (Å²) in [6.45, 7) is 1.65.